The maximum Gasteiger partial charge on any atom is 0.0513 e. The molecule has 2 rings (SSSR count). The van der Waals surface area contributed by atoms with Gasteiger partial charge < -0.3 is 10.2 Å². The predicted molar refractivity (Wildman–Crippen MR) is 82.3 cm³/mol. The molecule has 1 aliphatic rings. The fourth-order valence-corrected chi connectivity index (χ4v) is 3.27. The van der Waals surface area contributed by atoms with Crippen LogP contribution in [0.3, 0.4) is 0 Å². The average Bonchev–Trinajstić information content (AvgIpc) is 2.39. The molecule has 0 spiro atoms. The van der Waals surface area contributed by atoms with Gasteiger partial charge in [-0.15, -0.1) is 0 Å². The summed E-state index contributed by atoms with van der Waals surface area (Å²) in [5.41, 5.74) is 2.67. The van der Waals surface area contributed by atoms with E-state index >= 15 is 0 Å². The van der Waals surface area contributed by atoms with Crippen molar-refractivity contribution >= 4 is 21.6 Å². The van der Waals surface area contributed by atoms with Crippen molar-refractivity contribution in [1.82, 2.24) is 5.32 Å². The number of halogens is 1. The molecule has 0 aliphatic carbocycles. The fourth-order valence-electron chi connectivity index (χ4n) is 2.65. The van der Waals surface area contributed by atoms with Gasteiger partial charge in [-0.3, -0.25) is 0 Å². The van der Waals surface area contributed by atoms with Crippen LogP contribution in [-0.2, 0) is 0 Å². The summed E-state index contributed by atoms with van der Waals surface area (Å²) >= 11 is 3.74. The zero-order valence-electron chi connectivity index (χ0n) is 11.5. The molecule has 0 radical (unpaired) electrons. The van der Waals surface area contributed by atoms with Gasteiger partial charge in [0.25, 0.3) is 0 Å². The van der Waals surface area contributed by atoms with Gasteiger partial charge in [0.15, 0.2) is 0 Å². The van der Waals surface area contributed by atoms with Crippen LogP contribution >= 0.6 is 15.9 Å². The summed E-state index contributed by atoms with van der Waals surface area (Å²) in [6.07, 6.45) is 3.98. The van der Waals surface area contributed by atoms with E-state index in [0.717, 1.165) is 0 Å². The van der Waals surface area contributed by atoms with Crippen LogP contribution in [-0.4, -0.2) is 19.6 Å². The third-order valence-corrected chi connectivity index (χ3v) is 4.65. The van der Waals surface area contributed by atoms with Gasteiger partial charge in [0.2, 0.25) is 0 Å². The van der Waals surface area contributed by atoms with Crippen LogP contribution in [0, 0.1) is 0 Å². The van der Waals surface area contributed by atoms with Crippen molar-refractivity contribution in [3.63, 3.8) is 0 Å². The van der Waals surface area contributed by atoms with Gasteiger partial charge in [0.1, 0.15) is 0 Å². The summed E-state index contributed by atoms with van der Waals surface area (Å²) < 4.78 is 1.22. The molecule has 1 heterocycles. The van der Waals surface area contributed by atoms with Crippen LogP contribution in [0.25, 0.3) is 0 Å². The Labute approximate surface area is 119 Å². The minimum Gasteiger partial charge on any atom is -0.368 e. The number of piperidine rings is 1. The van der Waals surface area contributed by atoms with Gasteiger partial charge in [-0.2, -0.15) is 0 Å². The van der Waals surface area contributed by atoms with Crippen molar-refractivity contribution in [3.05, 3.63) is 28.2 Å². The normalized spacial score (nSPS) is 22.0. The number of benzene rings is 1. The minimum atomic E-state index is 0.397. The summed E-state index contributed by atoms with van der Waals surface area (Å²) in [6.45, 7) is 5.70. The second-order valence-corrected chi connectivity index (χ2v) is 6.11. The second-order valence-electron chi connectivity index (χ2n) is 5.26. The van der Waals surface area contributed by atoms with Crippen LogP contribution < -0.4 is 10.2 Å². The second kappa shape index (κ2) is 6.07. The number of hydrogen-bond acceptors (Lipinski definition) is 2. The number of nitrogens with zero attached hydrogens (tertiary/aromatic N) is 1. The SMILES string of the molecule is CNC(C)c1ccc(N2CCCCC2C)c(Br)c1. The molecule has 1 N–H and O–H groups in total. The highest BCUT2D eigenvalue weighted by atomic mass is 79.9. The van der Waals surface area contributed by atoms with Crippen LogP contribution in [0.15, 0.2) is 22.7 Å². The Bertz CT molecular complexity index is 405. The Balaban J connectivity index is 2.23. The number of nitrogens with one attached hydrogen (secondary N) is 1. The van der Waals surface area contributed by atoms with E-state index in [1.165, 1.54) is 41.5 Å². The van der Waals surface area contributed by atoms with E-state index in [1.54, 1.807) is 0 Å². The molecule has 18 heavy (non-hydrogen) atoms. The number of hydrogen-bond donors (Lipinski definition) is 1. The van der Waals surface area contributed by atoms with E-state index in [-0.39, 0.29) is 0 Å². The fraction of sp³-hybridized carbons (Fsp3) is 0.600. The molecule has 1 aromatic rings. The van der Waals surface area contributed by atoms with Crippen molar-refractivity contribution in [2.45, 2.75) is 45.2 Å². The molecule has 0 saturated carbocycles. The predicted octanol–water partition coefficient (Wildman–Crippen LogP) is 4.11. The van der Waals surface area contributed by atoms with Gasteiger partial charge in [0.05, 0.1) is 5.69 Å². The quantitative estimate of drug-likeness (QED) is 0.904. The average molecular weight is 311 g/mol. The smallest absolute Gasteiger partial charge is 0.0513 e. The van der Waals surface area contributed by atoms with E-state index in [4.69, 9.17) is 0 Å². The molecule has 0 amide bonds. The third-order valence-electron chi connectivity index (χ3n) is 4.02. The zero-order valence-corrected chi connectivity index (χ0v) is 13.1. The summed E-state index contributed by atoms with van der Waals surface area (Å²) in [6, 6.07) is 7.80. The van der Waals surface area contributed by atoms with E-state index < -0.39 is 0 Å². The summed E-state index contributed by atoms with van der Waals surface area (Å²) in [5, 5.41) is 3.28. The molecule has 1 saturated heterocycles. The summed E-state index contributed by atoms with van der Waals surface area (Å²) in [4.78, 5) is 2.53. The van der Waals surface area contributed by atoms with Crippen molar-refractivity contribution in [2.24, 2.45) is 0 Å². The lowest BCUT2D eigenvalue weighted by Crippen LogP contribution is -2.37. The van der Waals surface area contributed by atoms with Crippen molar-refractivity contribution in [3.8, 4) is 0 Å². The molecular formula is C15H23BrN2. The maximum atomic E-state index is 3.74. The molecule has 0 bridgehead atoms. The summed E-state index contributed by atoms with van der Waals surface area (Å²) in [7, 11) is 2.00. The third kappa shape index (κ3) is 2.89. The van der Waals surface area contributed by atoms with Gasteiger partial charge in [0, 0.05) is 23.1 Å². The highest BCUT2D eigenvalue weighted by Gasteiger charge is 2.20. The molecule has 2 atom stereocenters. The summed E-state index contributed by atoms with van der Waals surface area (Å²) in [5.74, 6) is 0. The molecule has 2 nitrogen and oxygen atoms in total. The topological polar surface area (TPSA) is 15.3 Å². The van der Waals surface area contributed by atoms with E-state index in [1.807, 2.05) is 7.05 Å². The molecule has 1 fully saturated rings. The molecule has 2 unspecified atom stereocenters. The molecule has 1 aromatic carbocycles. The molecule has 0 aromatic heterocycles. The van der Waals surface area contributed by atoms with Crippen molar-refractivity contribution in [1.29, 1.82) is 0 Å². The van der Waals surface area contributed by atoms with Crippen molar-refractivity contribution in [2.75, 3.05) is 18.5 Å². The van der Waals surface area contributed by atoms with Crippen LogP contribution in [0.4, 0.5) is 5.69 Å². The molecule has 3 heteroatoms. The van der Waals surface area contributed by atoms with Gasteiger partial charge in [-0.25, -0.2) is 0 Å². The van der Waals surface area contributed by atoms with Gasteiger partial charge in [-0.1, -0.05) is 6.07 Å². The molecular weight excluding hydrogens is 288 g/mol. The first-order valence-corrected chi connectivity index (χ1v) is 7.66. The lowest BCUT2D eigenvalue weighted by atomic mass is 10.0. The van der Waals surface area contributed by atoms with Crippen molar-refractivity contribution < 1.29 is 0 Å². The molecule has 100 valence electrons. The van der Waals surface area contributed by atoms with Crippen LogP contribution in [0.1, 0.15) is 44.7 Å². The minimum absolute atomic E-state index is 0.397. The van der Waals surface area contributed by atoms with E-state index in [2.05, 4.69) is 58.2 Å². The van der Waals surface area contributed by atoms with Gasteiger partial charge in [-0.05, 0) is 73.8 Å². The Morgan fingerprint density at radius 3 is 2.78 bits per heavy atom. The zero-order chi connectivity index (χ0) is 13.1. The van der Waals surface area contributed by atoms with E-state index in [9.17, 15) is 0 Å². The first-order chi connectivity index (χ1) is 8.63. The van der Waals surface area contributed by atoms with Gasteiger partial charge >= 0.3 is 0 Å². The Morgan fingerprint density at radius 1 is 1.39 bits per heavy atom. The monoisotopic (exact) mass is 310 g/mol. The van der Waals surface area contributed by atoms with E-state index in [0.29, 0.717) is 12.1 Å². The van der Waals surface area contributed by atoms with Crippen LogP contribution in [0.2, 0.25) is 0 Å². The Kier molecular flexibility index (Phi) is 4.68. The first-order valence-electron chi connectivity index (χ1n) is 6.87. The number of anilines is 1. The Morgan fingerprint density at radius 2 is 2.17 bits per heavy atom. The molecule has 1 aliphatic heterocycles. The first kappa shape index (κ1) is 13.9. The maximum absolute atomic E-state index is 3.74. The Hall–Kier alpha value is -0.540. The number of rotatable bonds is 3. The lowest BCUT2D eigenvalue weighted by molar-refractivity contribution is 0.484. The van der Waals surface area contributed by atoms with Crippen LogP contribution in [0.5, 0.6) is 0 Å². The largest absolute Gasteiger partial charge is 0.368 e. The highest BCUT2D eigenvalue weighted by molar-refractivity contribution is 9.10. The highest BCUT2D eigenvalue weighted by Crippen LogP contribution is 2.33. The lowest BCUT2D eigenvalue weighted by Gasteiger charge is -2.36. The standard InChI is InChI=1S/C15H23BrN2/c1-11-6-4-5-9-18(11)15-8-7-13(10-14(15)16)12(2)17-3/h7-8,10-12,17H,4-6,9H2,1-3H3.